The maximum atomic E-state index is 11.7. The first-order valence-electron chi connectivity index (χ1n) is 6.15. The number of aliphatic hydroxyl groups excluding tert-OH is 2. The molecule has 0 aromatic rings. The fourth-order valence-corrected chi connectivity index (χ4v) is 2.26. The summed E-state index contributed by atoms with van der Waals surface area (Å²) in [5.74, 6) is -0.255. The Hall–Kier alpha value is -0.870. The van der Waals surface area contributed by atoms with Crippen LogP contribution in [0.1, 0.15) is 39.5 Å². The zero-order valence-electron chi connectivity index (χ0n) is 10.6. The van der Waals surface area contributed by atoms with Crippen LogP contribution in [0.5, 0.6) is 0 Å². The van der Waals surface area contributed by atoms with Crippen molar-refractivity contribution in [2.75, 3.05) is 13.2 Å². The van der Waals surface area contributed by atoms with Crippen molar-refractivity contribution in [3.05, 3.63) is 11.6 Å². The minimum Gasteiger partial charge on any atom is -0.453 e. The average Bonchev–Trinajstić information content (AvgIpc) is 2.37. The Balaban J connectivity index is 2.71. The molecule has 2 N–H and O–H groups in total. The van der Waals surface area contributed by atoms with E-state index in [2.05, 4.69) is 0 Å². The van der Waals surface area contributed by atoms with E-state index in [-0.39, 0.29) is 25.1 Å². The van der Waals surface area contributed by atoms with Crippen LogP contribution < -0.4 is 0 Å². The molecule has 98 valence electrons. The molecule has 0 amide bonds. The lowest BCUT2D eigenvalue weighted by atomic mass is 9.78. The molecule has 1 saturated carbocycles. The molecule has 4 nitrogen and oxygen atoms in total. The Labute approximate surface area is 102 Å². The third-order valence-electron chi connectivity index (χ3n) is 3.52. The van der Waals surface area contributed by atoms with E-state index in [1.807, 2.05) is 0 Å². The van der Waals surface area contributed by atoms with Crippen molar-refractivity contribution in [3.8, 4) is 0 Å². The first kappa shape index (κ1) is 14.2. The Morgan fingerprint density at radius 2 is 2.24 bits per heavy atom. The predicted octanol–water partition coefficient (Wildman–Crippen LogP) is 1.41. The standard InChI is InChI=1S/C13H22O4/c1-3-10(2)12(16)17-13(9-15)6-4-5-11(7-13)8-14/h3,11,14-15H,4-9H2,1-2H3. The second-order valence-electron chi connectivity index (χ2n) is 4.85. The molecule has 0 aromatic heterocycles. The van der Waals surface area contributed by atoms with E-state index in [1.165, 1.54) is 0 Å². The molecule has 17 heavy (non-hydrogen) atoms. The maximum Gasteiger partial charge on any atom is 0.334 e. The van der Waals surface area contributed by atoms with Gasteiger partial charge in [0.1, 0.15) is 5.60 Å². The normalized spacial score (nSPS) is 30.1. The van der Waals surface area contributed by atoms with Gasteiger partial charge in [0.05, 0.1) is 6.61 Å². The largest absolute Gasteiger partial charge is 0.453 e. The summed E-state index contributed by atoms with van der Waals surface area (Å²) in [6.07, 6.45) is 4.71. The monoisotopic (exact) mass is 242 g/mol. The van der Waals surface area contributed by atoms with Crippen LogP contribution in [0.3, 0.4) is 0 Å². The lowest BCUT2D eigenvalue weighted by Gasteiger charge is -2.38. The molecule has 0 radical (unpaired) electrons. The Bertz CT molecular complexity index is 298. The molecule has 1 aliphatic rings. The molecule has 0 bridgehead atoms. The molecule has 1 fully saturated rings. The molecule has 0 saturated heterocycles. The summed E-state index contributed by atoms with van der Waals surface area (Å²) >= 11 is 0. The molecule has 1 rings (SSSR count). The summed E-state index contributed by atoms with van der Waals surface area (Å²) in [5, 5.41) is 18.7. The molecule has 2 unspecified atom stereocenters. The van der Waals surface area contributed by atoms with E-state index < -0.39 is 5.60 Å². The second kappa shape index (κ2) is 6.17. The molecular formula is C13H22O4. The fourth-order valence-electron chi connectivity index (χ4n) is 2.26. The third kappa shape index (κ3) is 3.54. The lowest BCUT2D eigenvalue weighted by molar-refractivity contribution is -0.167. The van der Waals surface area contributed by atoms with Crippen LogP contribution in [-0.4, -0.2) is 35.0 Å². The van der Waals surface area contributed by atoms with Crippen molar-refractivity contribution in [1.82, 2.24) is 0 Å². The van der Waals surface area contributed by atoms with Gasteiger partial charge >= 0.3 is 5.97 Å². The Kier molecular flexibility index (Phi) is 5.15. The van der Waals surface area contributed by atoms with Crippen molar-refractivity contribution >= 4 is 5.97 Å². The second-order valence-corrected chi connectivity index (χ2v) is 4.85. The molecule has 4 heteroatoms. The number of carbonyl (C=O) groups is 1. The summed E-state index contributed by atoms with van der Waals surface area (Å²) in [6, 6.07) is 0. The summed E-state index contributed by atoms with van der Waals surface area (Å²) in [6.45, 7) is 3.38. The van der Waals surface area contributed by atoms with Crippen LogP contribution in [-0.2, 0) is 9.53 Å². The Morgan fingerprint density at radius 3 is 2.76 bits per heavy atom. The predicted molar refractivity (Wildman–Crippen MR) is 64.4 cm³/mol. The number of allylic oxidation sites excluding steroid dienone is 1. The van der Waals surface area contributed by atoms with E-state index in [1.54, 1.807) is 19.9 Å². The maximum absolute atomic E-state index is 11.7. The molecule has 0 aliphatic heterocycles. The number of rotatable bonds is 4. The third-order valence-corrected chi connectivity index (χ3v) is 3.52. The summed E-state index contributed by atoms with van der Waals surface area (Å²) < 4.78 is 5.44. The molecule has 0 heterocycles. The van der Waals surface area contributed by atoms with Crippen molar-refractivity contribution in [3.63, 3.8) is 0 Å². The van der Waals surface area contributed by atoms with Gasteiger partial charge in [-0.1, -0.05) is 6.08 Å². The van der Waals surface area contributed by atoms with Crippen molar-refractivity contribution in [2.45, 2.75) is 45.1 Å². The van der Waals surface area contributed by atoms with Gasteiger partial charge in [0.2, 0.25) is 0 Å². The highest BCUT2D eigenvalue weighted by atomic mass is 16.6. The first-order chi connectivity index (χ1) is 8.06. The minimum absolute atomic E-state index is 0.0852. The SMILES string of the molecule is CC=C(C)C(=O)OC1(CO)CCCC(CO)C1. The van der Waals surface area contributed by atoms with Crippen LogP contribution in [0.15, 0.2) is 11.6 Å². The molecule has 0 spiro atoms. The smallest absolute Gasteiger partial charge is 0.334 e. The zero-order chi connectivity index (χ0) is 12.9. The molecular weight excluding hydrogens is 220 g/mol. The number of hydrogen-bond acceptors (Lipinski definition) is 4. The van der Waals surface area contributed by atoms with Gasteiger partial charge in [-0.05, 0) is 45.4 Å². The fraction of sp³-hybridized carbons (Fsp3) is 0.769. The quantitative estimate of drug-likeness (QED) is 0.578. The van der Waals surface area contributed by atoms with Gasteiger partial charge in [-0.25, -0.2) is 4.79 Å². The number of esters is 1. The summed E-state index contributed by atoms with van der Waals surface area (Å²) in [5.41, 5.74) is -0.253. The first-order valence-corrected chi connectivity index (χ1v) is 6.15. The average molecular weight is 242 g/mol. The van der Waals surface area contributed by atoms with Gasteiger partial charge < -0.3 is 14.9 Å². The van der Waals surface area contributed by atoms with Gasteiger partial charge in [-0.3, -0.25) is 0 Å². The topological polar surface area (TPSA) is 66.8 Å². The number of ether oxygens (including phenoxy) is 1. The van der Waals surface area contributed by atoms with Gasteiger partial charge in [0.15, 0.2) is 0 Å². The minimum atomic E-state index is -0.799. The molecule has 2 atom stereocenters. The Morgan fingerprint density at radius 1 is 1.53 bits per heavy atom. The molecule has 1 aliphatic carbocycles. The van der Waals surface area contributed by atoms with Crippen LogP contribution in [0.4, 0.5) is 0 Å². The lowest BCUT2D eigenvalue weighted by Crippen LogP contribution is -2.44. The highest BCUT2D eigenvalue weighted by molar-refractivity contribution is 5.87. The van der Waals surface area contributed by atoms with Crippen molar-refractivity contribution < 1.29 is 19.7 Å². The summed E-state index contributed by atoms with van der Waals surface area (Å²) in [7, 11) is 0. The van der Waals surface area contributed by atoms with Crippen LogP contribution >= 0.6 is 0 Å². The number of aliphatic hydroxyl groups is 2. The van der Waals surface area contributed by atoms with Crippen molar-refractivity contribution in [1.29, 1.82) is 0 Å². The number of carbonyl (C=O) groups excluding carboxylic acids is 1. The highest BCUT2D eigenvalue weighted by Crippen LogP contribution is 2.35. The van der Waals surface area contributed by atoms with Gasteiger partial charge in [-0.2, -0.15) is 0 Å². The van der Waals surface area contributed by atoms with E-state index >= 15 is 0 Å². The highest BCUT2D eigenvalue weighted by Gasteiger charge is 2.39. The van der Waals surface area contributed by atoms with Gasteiger partial charge in [0.25, 0.3) is 0 Å². The zero-order valence-corrected chi connectivity index (χ0v) is 10.6. The van der Waals surface area contributed by atoms with E-state index in [0.29, 0.717) is 18.4 Å². The van der Waals surface area contributed by atoms with E-state index in [0.717, 1.165) is 12.8 Å². The van der Waals surface area contributed by atoms with Crippen LogP contribution in [0.2, 0.25) is 0 Å². The van der Waals surface area contributed by atoms with Gasteiger partial charge in [0, 0.05) is 12.2 Å². The van der Waals surface area contributed by atoms with Crippen LogP contribution in [0, 0.1) is 5.92 Å². The van der Waals surface area contributed by atoms with E-state index in [9.17, 15) is 15.0 Å². The van der Waals surface area contributed by atoms with Crippen LogP contribution in [0.25, 0.3) is 0 Å². The molecule has 0 aromatic carbocycles. The van der Waals surface area contributed by atoms with Gasteiger partial charge in [-0.15, -0.1) is 0 Å². The van der Waals surface area contributed by atoms with Crippen molar-refractivity contribution in [2.24, 2.45) is 5.92 Å². The number of hydrogen-bond donors (Lipinski definition) is 2. The summed E-state index contributed by atoms with van der Waals surface area (Å²) in [4.78, 5) is 11.7. The van der Waals surface area contributed by atoms with E-state index in [4.69, 9.17) is 4.74 Å².